The number of hydrogen-bond acceptors (Lipinski definition) is 5. The molecule has 0 saturated heterocycles. The van der Waals surface area contributed by atoms with Crippen LogP contribution >= 0.6 is 27.3 Å². The van der Waals surface area contributed by atoms with Crippen molar-refractivity contribution >= 4 is 38.9 Å². The van der Waals surface area contributed by atoms with Gasteiger partial charge >= 0.3 is 0 Å². The Balaban J connectivity index is 2.09. The summed E-state index contributed by atoms with van der Waals surface area (Å²) in [5.74, 6) is -0.0982. The van der Waals surface area contributed by atoms with Crippen LogP contribution in [0.15, 0.2) is 33.2 Å². The van der Waals surface area contributed by atoms with Gasteiger partial charge in [-0.05, 0) is 31.5 Å². The summed E-state index contributed by atoms with van der Waals surface area (Å²) in [6.07, 6.45) is 0.773. The highest BCUT2D eigenvalue weighted by atomic mass is 79.9. The number of phenols is 1. The lowest BCUT2D eigenvalue weighted by Crippen LogP contribution is -2.22. The molecular weight excluding hydrogens is 366 g/mol. The number of thiazole rings is 1. The molecule has 0 saturated carbocycles. The number of aryl methyl sites for hydroxylation is 1. The maximum absolute atomic E-state index is 11.9. The Morgan fingerprint density at radius 3 is 2.91 bits per heavy atom. The standard InChI is InChI=1S/C15H16BrN3O2S/c1-3-13(12-6-10(16)4-5-14(12)20)18-19-15(21)7-11-8-22-9(2)17-11/h4-6,8,20H,3,7H2,1-2H3,(H,19,21)/b18-13+. The van der Waals surface area contributed by atoms with Gasteiger partial charge in [0.2, 0.25) is 5.91 Å². The minimum Gasteiger partial charge on any atom is -0.507 e. The van der Waals surface area contributed by atoms with Crippen molar-refractivity contribution in [2.45, 2.75) is 26.7 Å². The Hall–Kier alpha value is -1.73. The van der Waals surface area contributed by atoms with Gasteiger partial charge in [-0.15, -0.1) is 11.3 Å². The number of hydrazone groups is 1. The van der Waals surface area contributed by atoms with Gasteiger partial charge in [-0.2, -0.15) is 5.10 Å². The van der Waals surface area contributed by atoms with Crippen LogP contribution in [-0.2, 0) is 11.2 Å². The van der Waals surface area contributed by atoms with Crippen LogP contribution < -0.4 is 5.43 Å². The average molecular weight is 382 g/mol. The Morgan fingerprint density at radius 2 is 2.27 bits per heavy atom. The van der Waals surface area contributed by atoms with Gasteiger partial charge in [-0.25, -0.2) is 10.4 Å². The number of benzene rings is 1. The van der Waals surface area contributed by atoms with Crippen LogP contribution in [0.2, 0.25) is 0 Å². The number of carbonyl (C=O) groups is 1. The van der Waals surface area contributed by atoms with Gasteiger partial charge in [0.25, 0.3) is 0 Å². The fourth-order valence-electron chi connectivity index (χ4n) is 1.89. The molecule has 1 aromatic carbocycles. The number of nitrogens with zero attached hydrogens (tertiary/aromatic N) is 2. The molecule has 1 heterocycles. The van der Waals surface area contributed by atoms with E-state index in [0.717, 1.165) is 15.2 Å². The van der Waals surface area contributed by atoms with Crippen LogP contribution in [0.25, 0.3) is 0 Å². The Bertz CT molecular complexity index is 713. The van der Waals surface area contributed by atoms with Crippen molar-refractivity contribution in [3.63, 3.8) is 0 Å². The van der Waals surface area contributed by atoms with E-state index in [1.807, 2.05) is 19.2 Å². The maximum Gasteiger partial charge on any atom is 0.246 e. The molecule has 0 spiro atoms. The summed E-state index contributed by atoms with van der Waals surface area (Å²) in [6.45, 7) is 3.81. The summed E-state index contributed by atoms with van der Waals surface area (Å²) < 4.78 is 0.839. The van der Waals surface area contributed by atoms with E-state index in [4.69, 9.17) is 0 Å². The van der Waals surface area contributed by atoms with E-state index in [0.29, 0.717) is 17.7 Å². The second-order valence-corrected chi connectivity index (χ2v) is 6.62. The monoisotopic (exact) mass is 381 g/mol. The molecule has 2 rings (SSSR count). The summed E-state index contributed by atoms with van der Waals surface area (Å²) in [4.78, 5) is 16.1. The molecule has 7 heteroatoms. The van der Waals surface area contributed by atoms with Gasteiger partial charge in [0, 0.05) is 15.4 Å². The van der Waals surface area contributed by atoms with E-state index >= 15 is 0 Å². The zero-order valence-electron chi connectivity index (χ0n) is 12.3. The fourth-order valence-corrected chi connectivity index (χ4v) is 2.87. The van der Waals surface area contributed by atoms with Crippen LogP contribution in [0, 0.1) is 6.92 Å². The first-order valence-electron chi connectivity index (χ1n) is 6.75. The quantitative estimate of drug-likeness (QED) is 0.615. The van der Waals surface area contributed by atoms with Gasteiger partial charge in [-0.1, -0.05) is 22.9 Å². The number of nitrogens with one attached hydrogen (secondary N) is 1. The van der Waals surface area contributed by atoms with Crippen molar-refractivity contribution < 1.29 is 9.90 Å². The summed E-state index contributed by atoms with van der Waals surface area (Å²) >= 11 is 4.87. The van der Waals surface area contributed by atoms with E-state index in [1.165, 1.54) is 11.3 Å². The number of carbonyl (C=O) groups excluding carboxylic acids is 1. The second kappa shape index (κ2) is 7.51. The zero-order chi connectivity index (χ0) is 16.1. The van der Waals surface area contributed by atoms with Crippen molar-refractivity contribution in [1.82, 2.24) is 10.4 Å². The smallest absolute Gasteiger partial charge is 0.246 e. The van der Waals surface area contributed by atoms with Gasteiger partial charge < -0.3 is 5.11 Å². The Labute approximate surface area is 141 Å². The first kappa shape index (κ1) is 16.6. The maximum atomic E-state index is 11.9. The van der Waals surface area contributed by atoms with Crippen molar-refractivity contribution in [3.05, 3.63) is 44.3 Å². The minimum absolute atomic E-state index is 0.133. The predicted octanol–water partition coefficient (Wildman–Crippen LogP) is 3.39. The molecule has 1 aromatic heterocycles. The molecule has 22 heavy (non-hydrogen) atoms. The molecule has 0 bridgehead atoms. The molecule has 5 nitrogen and oxygen atoms in total. The molecule has 0 fully saturated rings. The number of aromatic hydroxyl groups is 1. The number of hydrogen-bond donors (Lipinski definition) is 2. The summed E-state index contributed by atoms with van der Waals surface area (Å²) in [7, 11) is 0. The SMILES string of the molecule is CC/C(=N\NC(=O)Cc1csc(C)n1)c1cc(Br)ccc1O. The highest BCUT2D eigenvalue weighted by Gasteiger charge is 2.10. The van der Waals surface area contributed by atoms with Gasteiger partial charge in [0.15, 0.2) is 0 Å². The summed E-state index contributed by atoms with van der Waals surface area (Å²) in [6, 6.07) is 5.10. The normalized spacial score (nSPS) is 11.5. The predicted molar refractivity (Wildman–Crippen MR) is 91.3 cm³/mol. The van der Waals surface area contributed by atoms with Crippen molar-refractivity contribution in [1.29, 1.82) is 0 Å². The summed E-state index contributed by atoms with van der Waals surface area (Å²) in [5.41, 5.74) is 4.47. The zero-order valence-corrected chi connectivity index (χ0v) is 14.7. The van der Waals surface area contributed by atoms with Gasteiger partial charge in [0.1, 0.15) is 5.75 Å². The van der Waals surface area contributed by atoms with E-state index in [1.54, 1.807) is 18.2 Å². The molecule has 0 aliphatic carbocycles. The Morgan fingerprint density at radius 1 is 1.50 bits per heavy atom. The van der Waals surface area contributed by atoms with Crippen molar-refractivity contribution in [2.75, 3.05) is 0 Å². The number of rotatable bonds is 5. The molecular formula is C15H16BrN3O2S. The first-order chi connectivity index (χ1) is 10.5. The van der Waals surface area contributed by atoms with Crippen molar-refractivity contribution in [3.8, 4) is 5.75 Å². The van der Waals surface area contributed by atoms with E-state index in [-0.39, 0.29) is 18.1 Å². The van der Waals surface area contributed by atoms with Crippen LogP contribution in [0.3, 0.4) is 0 Å². The first-order valence-corrected chi connectivity index (χ1v) is 8.42. The molecule has 2 aromatic rings. The van der Waals surface area contributed by atoms with Crippen LogP contribution in [-0.4, -0.2) is 21.7 Å². The lowest BCUT2D eigenvalue weighted by Gasteiger charge is -2.07. The third-order valence-corrected chi connectivity index (χ3v) is 4.24. The molecule has 0 radical (unpaired) electrons. The van der Waals surface area contributed by atoms with Gasteiger partial charge in [0.05, 0.1) is 22.8 Å². The van der Waals surface area contributed by atoms with Crippen LogP contribution in [0.1, 0.15) is 29.6 Å². The summed E-state index contributed by atoms with van der Waals surface area (Å²) in [5, 5.41) is 16.8. The molecule has 116 valence electrons. The highest BCUT2D eigenvalue weighted by molar-refractivity contribution is 9.10. The van der Waals surface area contributed by atoms with E-state index in [9.17, 15) is 9.90 Å². The Kier molecular flexibility index (Phi) is 5.68. The third-order valence-electron chi connectivity index (χ3n) is 2.93. The lowest BCUT2D eigenvalue weighted by atomic mass is 10.1. The number of halogens is 1. The van der Waals surface area contributed by atoms with E-state index in [2.05, 4.69) is 31.4 Å². The topological polar surface area (TPSA) is 74.6 Å². The minimum atomic E-state index is -0.231. The molecule has 1 amide bonds. The average Bonchev–Trinajstić information content (AvgIpc) is 2.88. The van der Waals surface area contributed by atoms with Gasteiger partial charge in [-0.3, -0.25) is 4.79 Å². The molecule has 2 N–H and O–H groups in total. The molecule has 0 aliphatic rings. The fraction of sp³-hybridized carbons (Fsp3) is 0.267. The largest absolute Gasteiger partial charge is 0.507 e. The third kappa shape index (κ3) is 4.38. The molecule has 0 unspecified atom stereocenters. The number of aromatic nitrogens is 1. The number of amides is 1. The number of phenolic OH excluding ortho intramolecular Hbond substituents is 1. The molecule has 0 atom stereocenters. The van der Waals surface area contributed by atoms with Crippen LogP contribution in [0.4, 0.5) is 0 Å². The highest BCUT2D eigenvalue weighted by Crippen LogP contribution is 2.23. The van der Waals surface area contributed by atoms with Crippen molar-refractivity contribution in [2.24, 2.45) is 5.10 Å². The second-order valence-electron chi connectivity index (χ2n) is 4.64. The lowest BCUT2D eigenvalue weighted by molar-refractivity contribution is -0.120. The molecule has 0 aliphatic heterocycles. The van der Waals surface area contributed by atoms with Crippen LogP contribution in [0.5, 0.6) is 5.75 Å². The van der Waals surface area contributed by atoms with E-state index < -0.39 is 0 Å².